The lowest BCUT2D eigenvalue weighted by molar-refractivity contribution is 0.861. The largest absolute Gasteiger partial charge is 0.354 e. The maximum Gasteiger partial charge on any atom is 0.0745 e. The molecule has 0 saturated carbocycles. The van der Waals surface area contributed by atoms with Crippen LogP contribution in [0.1, 0.15) is 24.0 Å². The molecule has 2 aliphatic carbocycles. The highest BCUT2D eigenvalue weighted by molar-refractivity contribution is 6.21. The van der Waals surface area contributed by atoms with Crippen LogP contribution in [0, 0.1) is 0 Å². The van der Waals surface area contributed by atoms with Gasteiger partial charge in [0.05, 0.1) is 17.2 Å². The van der Waals surface area contributed by atoms with Crippen LogP contribution in [0.4, 0.5) is 0 Å². The van der Waals surface area contributed by atoms with Crippen molar-refractivity contribution in [2.24, 2.45) is 0 Å². The zero-order valence-electron chi connectivity index (χ0n) is 16.7. The van der Waals surface area contributed by atoms with Gasteiger partial charge in [0.2, 0.25) is 0 Å². The van der Waals surface area contributed by atoms with Crippen LogP contribution < -0.4 is 0 Å². The van der Waals surface area contributed by atoms with Crippen LogP contribution in [-0.4, -0.2) is 14.8 Å². The normalized spacial score (nSPS) is 15.5. The molecule has 5 aromatic rings. The molecule has 3 heteroatoms. The van der Waals surface area contributed by atoms with E-state index in [0.717, 1.165) is 25.7 Å². The Morgan fingerprint density at radius 1 is 0.867 bits per heavy atom. The first-order valence-corrected chi connectivity index (χ1v) is 10.8. The number of fused-ring (bicyclic) bond motifs is 9. The van der Waals surface area contributed by atoms with E-state index >= 15 is 0 Å². The topological polar surface area (TPSA) is 33.6 Å². The molecule has 2 heterocycles. The van der Waals surface area contributed by atoms with E-state index in [2.05, 4.69) is 76.4 Å². The predicted molar refractivity (Wildman–Crippen MR) is 125 cm³/mol. The molecule has 0 atom stereocenters. The average Bonchev–Trinajstić information content (AvgIpc) is 3.40. The van der Waals surface area contributed by atoms with Crippen molar-refractivity contribution in [3.05, 3.63) is 84.1 Å². The molecule has 0 bridgehead atoms. The number of hydrogen-bond acceptors (Lipinski definition) is 1. The Morgan fingerprint density at radius 3 is 2.77 bits per heavy atom. The third kappa shape index (κ3) is 2.12. The van der Waals surface area contributed by atoms with E-state index < -0.39 is 0 Å². The Balaban J connectivity index is 1.51. The molecule has 3 aromatic carbocycles. The highest BCUT2D eigenvalue weighted by Gasteiger charge is 2.21. The number of benzene rings is 3. The molecule has 0 unspecified atom stereocenters. The molecule has 0 aliphatic heterocycles. The maximum absolute atomic E-state index is 4.77. The number of aromatic amines is 1. The van der Waals surface area contributed by atoms with Gasteiger partial charge in [0.25, 0.3) is 0 Å². The smallest absolute Gasteiger partial charge is 0.0745 e. The summed E-state index contributed by atoms with van der Waals surface area (Å²) in [4.78, 5) is 3.76. The monoisotopic (exact) mass is 387 g/mol. The molecule has 1 N–H and O–H groups in total. The Hall–Kier alpha value is -3.59. The molecule has 0 spiro atoms. The number of aromatic nitrogens is 3. The van der Waals surface area contributed by atoms with Crippen LogP contribution in [0.25, 0.3) is 49.5 Å². The van der Waals surface area contributed by atoms with Gasteiger partial charge in [0, 0.05) is 27.4 Å². The van der Waals surface area contributed by atoms with E-state index in [9.17, 15) is 0 Å². The maximum atomic E-state index is 4.77. The molecular formula is C27H21N3. The van der Waals surface area contributed by atoms with Gasteiger partial charge in [0.15, 0.2) is 0 Å². The molecule has 30 heavy (non-hydrogen) atoms. The molecule has 144 valence electrons. The fourth-order valence-corrected chi connectivity index (χ4v) is 5.40. The van der Waals surface area contributed by atoms with Crippen molar-refractivity contribution in [3.63, 3.8) is 0 Å². The van der Waals surface area contributed by atoms with Crippen LogP contribution in [-0.2, 0) is 12.8 Å². The van der Waals surface area contributed by atoms with Crippen LogP contribution in [0.2, 0.25) is 0 Å². The second-order valence-electron chi connectivity index (χ2n) is 8.40. The molecule has 2 aromatic heterocycles. The zero-order valence-corrected chi connectivity index (χ0v) is 16.7. The third-order valence-corrected chi connectivity index (χ3v) is 6.81. The van der Waals surface area contributed by atoms with E-state index in [1.807, 2.05) is 6.20 Å². The van der Waals surface area contributed by atoms with Crippen LogP contribution in [0.15, 0.2) is 73.0 Å². The first-order chi connectivity index (χ1) is 14.9. The number of H-pyrrole nitrogens is 1. The molecular weight excluding hydrogens is 366 g/mol. The van der Waals surface area contributed by atoms with Crippen molar-refractivity contribution in [2.75, 3.05) is 0 Å². The van der Waals surface area contributed by atoms with Crippen LogP contribution in [0.5, 0.6) is 0 Å². The van der Waals surface area contributed by atoms with Gasteiger partial charge in [-0.2, -0.15) is 5.10 Å². The fraction of sp³-hybridized carbons (Fsp3) is 0.148. The van der Waals surface area contributed by atoms with Crippen LogP contribution in [0.3, 0.4) is 0 Å². The molecule has 0 fully saturated rings. The van der Waals surface area contributed by atoms with E-state index in [1.165, 1.54) is 60.7 Å². The van der Waals surface area contributed by atoms with Crippen molar-refractivity contribution in [1.29, 1.82) is 0 Å². The van der Waals surface area contributed by atoms with E-state index in [4.69, 9.17) is 5.10 Å². The van der Waals surface area contributed by atoms with Crippen molar-refractivity contribution in [2.45, 2.75) is 25.7 Å². The summed E-state index contributed by atoms with van der Waals surface area (Å²) in [6, 6.07) is 17.9. The molecule has 3 nitrogen and oxygen atoms in total. The lowest BCUT2D eigenvalue weighted by Crippen LogP contribution is -2.04. The lowest BCUT2D eigenvalue weighted by Gasteiger charge is -2.20. The quantitative estimate of drug-likeness (QED) is 0.344. The molecule has 7 rings (SSSR count). The SMILES string of the molecule is C1=CCCC(n2ncc3c4c(ccc32)[nH]c2c3c(ccc24)-c2ccccc2CC3)=C1. The van der Waals surface area contributed by atoms with Crippen molar-refractivity contribution >= 4 is 38.4 Å². The van der Waals surface area contributed by atoms with Gasteiger partial charge in [-0.1, -0.05) is 48.6 Å². The molecule has 2 aliphatic rings. The number of aryl methyl sites for hydroxylation is 2. The summed E-state index contributed by atoms with van der Waals surface area (Å²) in [6.07, 6.45) is 12.9. The Kier molecular flexibility index (Phi) is 3.22. The summed E-state index contributed by atoms with van der Waals surface area (Å²) >= 11 is 0. The van der Waals surface area contributed by atoms with E-state index in [0.29, 0.717) is 0 Å². The van der Waals surface area contributed by atoms with Gasteiger partial charge < -0.3 is 4.98 Å². The lowest BCUT2D eigenvalue weighted by atomic mass is 9.84. The number of rotatable bonds is 1. The van der Waals surface area contributed by atoms with Crippen molar-refractivity contribution in [3.8, 4) is 11.1 Å². The summed E-state index contributed by atoms with van der Waals surface area (Å²) in [5.74, 6) is 0. The van der Waals surface area contributed by atoms with Crippen molar-refractivity contribution < 1.29 is 0 Å². The third-order valence-electron chi connectivity index (χ3n) is 6.81. The molecule has 0 amide bonds. The summed E-state index contributed by atoms with van der Waals surface area (Å²) < 4.78 is 2.12. The fourth-order valence-electron chi connectivity index (χ4n) is 5.40. The van der Waals surface area contributed by atoms with Gasteiger partial charge >= 0.3 is 0 Å². The number of nitrogens with one attached hydrogen (secondary N) is 1. The second kappa shape index (κ2) is 5.96. The predicted octanol–water partition coefficient (Wildman–Crippen LogP) is 6.63. The van der Waals surface area contributed by atoms with Gasteiger partial charge in [-0.05, 0) is 66.1 Å². The highest BCUT2D eigenvalue weighted by atomic mass is 15.3. The van der Waals surface area contributed by atoms with Crippen molar-refractivity contribution in [1.82, 2.24) is 14.8 Å². The van der Waals surface area contributed by atoms with Gasteiger partial charge in [0.1, 0.15) is 0 Å². The van der Waals surface area contributed by atoms with Crippen LogP contribution >= 0.6 is 0 Å². The average molecular weight is 387 g/mol. The summed E-state index contributed by atoms with van der Waals surface area (Å²) in [5, 5.41) is 8.61. The first kappa shape index (κ1) is 16.2. The number of allylic oxidation sites excluding steroid dienone is 4. The van der Waals surface area contributed by atoms with E-state index in [1.54, 1.807) is 0 Å². The second-order valence-corrected chi connectivity index (χ2v) is 8.40. The summed E-state index contributed by atoms with van der Waals surface area (Å²) in [5.41, 5.74) is 10.6. The number of nitrogens with zero attached hydrogens (tertiary/aromatic N) is 2. The van der Waals surface area contributed by atoms with Gasteiger partial charge in [-0.15, -0.1) is 0 Å². The summed E-state index contributed by atoms with van der Waals surface area (Å²) in [7, 11) is 0. The standard InChI is InChI=1S/C27H21N3/c1-2-7-18(8-3-1)30-25-15-14-24-26(23(25)16-28-30)22-13-12-20-19-9-5-4-6-17(19)10-11-21(20)27(22)29-24/h1-2,4-7,9,12-16,29H,3,8,10-11H2. The summed E-state index contributed by atoms with van der Waals surface area (Å²) in [6.45, 7) is 0. The van der Waals surface area contributed by atoms with E-state index in [-0.39, 0.29) is 0 Å². The Morgan fingerprint density at radius 2 is 1.83 bits per heavy atom. The zero-order chi connectivity index (χ0) is 19.7. The van der Waals surface area contributed by atoms with Gasteiger partial charge in [-0.25, -0.2) is 4.68 Å². The minimum atomic E-state index is 1.03. The van der Waals surface area contributed by atoms with Gasteiger partial charge in [-0.3, -0.25) is 0 Å². The Labute approximate surface area is 174 Å². The highest BCUT2D eigenvalue weighted by Crippen LogP contribution is 2.41. The minimum absolute atomic E-state index is 1.03. The molecule has 0 saturated heterocycles. The molecule has 0 radical (unpaired) electrons. The Bertz CT molecular complexity index is 1540. The minimum Gasteiger partial charge on any atom is -0.354 e. The first-order valence-electron chi connectivity index (χ1n) is 10.8. The number of hydrogen-bond donors (Lipinski definition) is 1.